The molecule has 7 nitrogen and oxygen atoms in total. The van der Waals surface area contributed by atoms with Gasteiger partial charge in [-0.2, -0.15) is 5.10 Å². The van der Waals surface area contributed by atoms with Gasteiger partial charge >= 0.3 is 5.97 Å². The maximum atomic E-state index is 12.3. The first-order valence-electron chi connectivity index (χ1n) is 7.97. The monoisotopic (exact) mass is 322 g/mol. The molecule has 1 aromatic heterocycles. The number of hydrogen-bond acceptors (Lipinski definition) is 5. The molecule has 0 saturated carbocycles. The van der Waals surface area contributed by atoms with Crippen LogP contribution < -0.4 is 5.32 Å². The molecule has 128 valence electrons. The van der Waals surface area contributed by atoms with E-state index in [1.54, 1.807) is 4.68 Å². The minimum Gasteiger partial charge on any atom is -0.468 e. The number of aromatic nitrogens is 2. The molecule has 23 heavy (non-hydrogen) atoms. The van der Waals surface area contributed by atoms with Crippen molar-refractivity contribution in [3.8, 4) is 0 Å². The summed E-state index contributed by atoms with van der Waals surface area (Å²) in [5.74, 6) is -0.336. The van der Waals surface area contributed by atoms with E-state index >= 15 is 0 Å². The largest absolute Gasteiger partial charge is 0.468 e. The van der Waals surface area contributed by atoms with Crippen LogP contribution in [0.3, 0.4) is 0 Å². The highest BCUT2D eigenvalue weighted by Gasteiger charge is 2.35. The van der Waals surface area contributed by atoms with E-state index in [-0.39, 0.29) is 30.5 Å². The summed E-state index contributed by atoms with van der Waals surface area (Å²) in [6.45, 7) is 6.89. The average Bonchev–Trinajstić information content (AvgIpc) is 2.98. The lowest BCUT2D eigenvalue weighted by Gasteiger charge is -2.15. The number of rotatable bonds is 5. The van der Waals surface area contributed by atoms with E-state index in [0.717, 1.165) is 17.8 Å². The Labute approximate surface area is 137 Å². The molecular formula is C16H26N4O3. The maximum absolute atomic E-state index is 12.3. The molecule has 0 radical (unpaired) electrons. The lowest BCUT2D eigenvalue weighted by molar-refractivity contribution is -0.145. The zero-order valence-corrected chi connectivity index (χ0v) is 14.5. The summed E-state index contributed by atoms with van der Waals surface area (Å²) >= 11 is 0. The number of carbonyl (C=O) groups excluding carboxylic acids is 2. The van der Waals surface area contributed by atoms with Crippen LogP contribution in [-0.2, 0) is 27.3 Å². The standard InChI is InChI=1S/C16H26N4O3/c1-6-13-10(2)18-20(11(13)3)9-15(21)17-12-7-14(16(22)23-5)19(4)8-12/h12,14H,6-9H2,1-5H3,(H,17,21)/t12-,14+/m1/s1. The van der Waals surface area contributed by atoms with E-state index in [1.807, 2.05) is 25.8 Å². The summed E-state index contributed by atoms with van der Waals surface area (Å²) in [5, 5.41) is 7.43. The number of nitrogens with zero attached hydrogens (tertiary/aromatic N) is 3. The first kappa shape index (κ1) is 17.5. The number of methoxy groups -OCH3 is 1. The predicted octanol–water partition coefficient (Wildman–Crippen LogP) is 0.424. The molecule has 0 spiro atoms. The van der Waals surface area contributed by atoms with E-state index in [2.05, 4.69) is 17.3 Å². The third-order valence-electron chi connectivity index (χ3n) is 4.56. The highest BCUT2D eigenvalue weighted by Crippen LogP contribution is 2.17. The second-order valence-electron chi connectivity index (χ2n) is 6.14. The van der Waals surface area contributed by atoms with E-state index < -0.39 is 0 Å². The Morgan fingerprint density at radius 2 is 2.09 bits per heavy atom. The molecule has 0 unspecified atom stereocenters. The Morgan fingerprint density at radius 1 is 1.39 bits per heavy atom. The van der Waals surface area contributed by atoms with Gasteiger partial charge in [0, 0.05) is 18.3 Å². The van der Waals surface area contributed by atoms with Crippen molar-refractivity contribution in [3.63, 3.8) is 0 Å². The zero-order valence-electron chi connectivity index (χ0n) is 14.5. The van der Waals surface area contributed by atoms with Gasteiger partial charge in [-0.1, -0.05) is 6.92 Å². The van der Waals surface area contributed by atoms with E-state index in [4.69, 9.17) is 4.74 Å². The topological polar surface area (TPSA) is 76.5 Å². The van der Waals surface area contributed by atoms with E-state index in [0.29, 0.717) is 13.0 Å². The van der Waals surface area contributed by atoms with Gasteiger partial charge in [0.1, 0.15) is 12.6 Å². The van der Waals surface area contributed by atoms with Crippen molar-refractivity contribution in [2.75, 3.05) is 20.7 Å². The van der Waals surface area contributed by atoms with Crippen LogP contribution in [0.4, 0.5) is 0 Å². The summed E-state index contributed by atoms with van der Waals surface area (Å²) in [6.07, 6.45) is 1.49. The van der Waals surface area contributed by atoms with Crippen LogP contribution in [0.2, 0.25) is 0 Å². The van der Waals surface area contributed by atoms with Gasteiger partial charge in [0.25, 0.3) is 0 Å². The van der Waals surface area contributed by atoms with Crippen LogP contribution >= 0.6 is 0 Å². The van der Waals surface area contributed by atoms with Crippen LogP contribution in [0.5, 0.6) is 0 Å². The number of carbonyl (C=O) groups is 2. The fraction of sp³-hybridized carbons (Fsp3) is 0.688. The normalized spacial score (nSPS) is 21.4. The van der Waals surface area contributed by atoms with Gasteiger partial charge in [0.2, 0.25) is 5.91 Å². The summed E-state index contributed by atoms with van der Waals surface area (Å²) in [5.41, 5.74) is 3.21. The van der Waals surface area contributed by atoms with Crippen molar-refractivity contribution < 1.29 is 14.3 Å². The van der Waals surface area contributed by atoms with Gasteiger partial charge in [0.15, 0.2) is 0 Å². The molecule has 0 aliphatic carbocycles. The van der Waals surface area contributed by atoms with Crippen LogP contribution in [-0.4, -0.2) is 59.3 Å². The third-order valence-corrected chi connectivity index (χ3v) is 4.56. The smallest absolute Gasteiger partial charge is 0.323 e. The number of esters is 1. The number of nitrogens with one attached hydrogen (secondary N) is 1. The molecule has 0 bridgehead atoms. The highest BCUT2D eigenvalue weighted by molar-refractivity contribution is 5.78. The number of ether oxygens (including phenoxy) is 1. The quantitative estimate of drug-likeness (QED) is 0.795. The van der Waals surface area contributed by atoms with Crippen molar-refractivity contribution in [2.45, 2.75) is 52.2 Å². The van der Waals surface area contributed by atoms with Gasteiger partial charge in [-0.05, 0) is 39.3 Å². The fourth-order valence-electron chi connectivity index (χ4n) is 3.32. The highest BCUT2D eigenvalue weighted by atomic mass is 16.5. The van der Waals surface area contributed by atoms with Crippen molar-refractivity contribution >= 4 is 11.9 Å². The molecular weight excluding hydrogens is 296 g/mol. The average molecular weight is 322 g/mol. The molecule has 1 aromatic rings. The fourth-order valence-corrected chi connectivity index (χ4v) is 3.32. The molecule has 1 fully saturated rings. The van der Waals surface area contributed by atoms with Crippen molar-refractivity contribution in [1.82, 2.24) is 20.0 Å². The third kappa shape index (κ3) is 3.72. The molecule has 2 heterocycles. The molecule has 1 aliphatic rings. The number of likely N-dealkylation sites (N-methyl/N-ethyl adjacent to an activating group) is 1. The van der Waals surface area contributed by atoms with Crippen molar-refractivity contribution in [1.29, 1.82) is 0 Å². The van der Waals surface area contributed by atoms with E-state index in [1.165, 1.54) is 12.7 Å². The lowest BCUT2D eigenvalue weighted by atomic mass is 10.1. The molecule has 1 amide bonds. The molecule has 1 N–H and O–H groups in total. The van der Waals surface area contributed by atoms with Crippen LogP contribution in [0, 0.1) is 13.8 Å². The molecule has 2 atom stereocenters. The van der Waals surface area contributed by atoms with Crippen molar-refractivity contribution in [2.24, 2.45) is 0 Å². The zero-order chi connectivity index (χ0) is 17.1. The molecule has 1 aliphatic heterocycles. The second kappa shape index (κ2) is 7.12. The van der Waals surface area contributed by atoms with E-state index in [9.17, 15) is 9.59 Å². The van der Waals surface area contributed by atoms with Gasteiger partial charge < -0.3 is 10.1 Å². The number of aryl methyl sites for hydroxylation is 1. The minimum atomic E-state index is -0.286. The molecule has 0 aromatic carbocycles. The molecule has 7 heteroatoms. The Kier molecular flexibility index (Phi) is 5.41. The lowest BCUT2D eigenvalue weighted by Crippen LogP contribution is -2.38. The molecule has 1 saturated heterocycles. The second-order valence-corrected chi connectivity index (χ2v) is 6.14. The molecule has 2 rings (SSSR count). The summed E-state index contributed by atoms with van der Waals surface area (Å²) in [4.78, 5) is 25.9. The maximum Gasteiger partial charge on any atom is 0.323 e. The minimum absolute atomic E-state index is 0.0424. The predicted molar refractivity (Wildman–Crippen MR) is 86.1 cm³/mol. The Morgan fingerprint density at radius 3 is 2.65 bits per heavy atom. The summed E-state index contributed by atoms with van der Waals surface area (Å²) < 4.78 is 6.54. The van der Waals surface area contributed by atoms with Crippen molar-refractivity contribution in [3.05, 3.63) is 17.0 Å². The van der Waals surface area contributed by atoms with Gasteiger partial charge in [-0.15, -0.1) is 0 Å². The van der Waals surface area contributed by atoms with Gasteiger partial charge in [-0.3, -0.25) is 19.2 Å². The van der Waals surface area contributed by atoms with Crippen LogP contribution in [0.25, 0.3) is 0 Å². The Balaban J connectivity index is 1.95. The summed E-state index contributed by atoms with van der Waals surface area (Å²) in [6, 6.07) is -0.329. The SMILES string of the molecule is CCc1c(C)nn(CC(=O)N[C@@H]2C[C@@H](C(=O)OC)N(C)C2)c1C. The summed E-state index contributed by atoms with van der Waals surface area (Å²) in [7, 11) is 3.25. The van der Waals surface area contributed by atoms with Gasteiger partial charge in [0.05, 0.1) is 12.8 Å². The first-order valence-corrected chi connectivity index (χ1v) is 7.97. The van der Waals surface area contributed by atoms with Crippen LogP contribution in [0.1, 0.15) is 30.3 Å². The first-order chi connectivity index (χ1) is 10.9. The Hall–Kier alpha value is -1.89. The number of amides is 1. The Bertz CT molecular complexity index is 596. The van der Waals surface area contributed by atoms with Crippen LogP contribution in [0.15, 0.2) is 0 Å². The number of likely N-dealkylation sites (tertiary alicyclic amines) is 1. The van der Waals surface area contributed by atoms with Gasteiger partial charge in [-0.25, -0.2) is 0 Å². The number of hydrogen-bond donors (Lipinski definition) is 1.